The van der Waals surface area contributed by atoms with E-state index in [0.717, 1.165) is 13.1 Å². The van der Waals surface area contributed by atoms with Gasteiger partial charge in [-0.1, -0.05) is 48.5 Å². The molecule has 28 heavy (non-hydrogen) atoms. The van der Waals surface area contributed by atoms with E-state index in [1.807, 2.05) is 24.3 Å². The molecule has 1 saturated heterocycles. The Hall–Kier alpha value is -2.66. The van der Waals surface area contributed by atoms with Gasteiger partial charge in [0.25, 0.3) is 5.91 Å². The van der Waals surface area contributed by atoms with Crippen LogP contribution in [0, 0.1) is 0 Å². The number of amides is 2. The summed E-state index contributed by atoms with van der Waals surface area (Å²) in [5.74, 6) is -0.0618. The van der Waals surface area contributed by atoms with Crippen LogP contribution in [0.5, 0.6) is 0 Å². The van der Waals surface area contributed by atoms with Crippen LogP contribution in [0.4, 0.5) is 0 Å². The molecule has 5 nitrogen and oxygen atoms in total. The van der Waals surface area contributed by atoms with Crippen molar-refractivity contribution < 1.29 is 9.59 Å². The molecule has 0 saturated carbocycles. The smallest absolute Gasteiger partial charge is 0.251 e. The Bertz CT molecular complexity index is 743. The molecule has 2 N–H and O–H groups in total. The molecule has 1 atom stereocenters. The molecule has 1 fully saturated rings. The van der Waals surface area contributed by atoms with Crippen molar-refractivity contribution in [3.63, 3.8) is 0 Å². The largest absolute Gasteiger partial charge is 0.354 e. The highest BCUT2D eigenvalue weighted by Gasteiger charge is 2.23. The maximum absolute atomic E-state index is 12.3. The van der Waals surface area contributed by atoms with Crippen LogP contribution in [0.1, 0.15) is 47.6 Å². The highest BCUT2D eigenvalue weighted by atomic mass is 16.2. The van der Waals surface area contributed by atoms with Crippen molar-refractivity contribution in [3.8, 4) is 0 Å². The standard InChI is InChI=1S/C23H29N3O2/c27-22(14-9-15-24-23(28)20-12-5-2-6-13-20)25-18-21(26-16-7-8-17-26)19-10-3-1-4-11-19/h1-6,10-13,21H,7-9,14-18H2,(H,24,28)(H,25,27). The molecule has 1 heterocycles. The van der Waals surface area contributed by atoms with E-state index in [9.17, 15) is 9.59 Å². The van der Waals surface area contributed by atoms with Gasteiger partial charge in [0.15, 0.2) is 0 Å². The molecular weight excluding hydrogens is 350 g/mol. The van der Waals surface area contributed by atoms with Crippen molar-refractivity contribution in [1.29, 1.82) is 0 Å². The number of benzene rings is 2. The molecule has 3 rings (SSSR count). The van der Waals surface area contributed by atoms with Gasteiger partial charge in [-0.05, 0) is 50.0 Å². The molecule has 0 spiro atoms. The van der Waals surface area contributed by atoms with Crippen LogP contribution in [0.15, 0.2) is 60.7 Å². The zero-order chi connectivity index (χ0) is 19.6. The van der Waals surface area contributed by atoms with Crippen molar-refractivity contribution in [3.05, 3.63) is 71.8 Å². The Kier molecular flexibility index (Phi) is 7.62. The summed E-state index contributed by atoms with van der Waals surface area (Å²) < 4.78 is 0. The summed E-state index contributed by atoms with van der Waals surface area (Å²) in [5.41, 5.74) is 1.89. The Morgan fingerprint density at radius 3 is 2.21 bits per heavy atom. The molecule has 2 amide bonds. The van der Waals surface area contributed by atoms with E-state index in [-0.39, 0.29) is 17.9 Å². The van der Waals surface area contributed by atoms with Crippen molar-refractivity contribution >= 4 is 11.8 Å². The predicted molar refractivity (Wildman–Crippen MR) is 111 cm³/mol. The van der Waals surface area contributed by atoms with Gasteiger partial charge in [-0.3, -0.25) is 14.5 Å². The van der Waals surface area contributed by atoms with E-state index in [2.05, 4.69) is 39.8 Å². The lowest BCUT2D eigenvalue weighted by Crippen LogP contribution is -2.37. The first-order valence-electron chi connectivity index (χ1n) is 10.1. The molecule has 2 aromatic rings. The molecule has 148 valence electrons. The predicted octanol–water partition coefficient (Wildman–Crippen LogP) is 3.15. The fourth-order valence-electron chi connectivity index (χ4n) is 3.63. The Labute approximate surface area is 167 Å². The lowest BCUT2D eigenvalue weighted by atomic mass is 10.1. The third-order valence-corrected chi connectivity index (χ3v) is 5.16. The van der Waals surface area contributed by atoms with E-state index in [4.69, 9.17) is 0 Å². The monoisotopic (exact) mass is 379 g/mol. The average molecular weight is 380 g/mol. The number of hydrogen-bond donors (Lipinski definition) is 2. The summed E-state index contributed by atoms with van der Waals surface area (Å²) in [5, 5.41) is 5.95. The lowest BCUT2D eigenvalue weighted by molar-refractivity contribution is -0.121. The van der Waals surface area contributed by atoms with Crippen LogP contribution in [-0.4, -0.2) is 42.9 Å². The SMILES string of the molecule is O=C(CCCNC(=O)c1ccccc1)NCC(c1ccccc1)N1CCCC1. The molecule has 5 heteroatoms. The average Bonchev–Trinajstić information content (AvgIpc) is 3.27. The number of rotatable bonds is 9. The summed E-state index contributed by atoms with van der Waals surface area (Å²) in [7, 11) is 0. The molecular formula is C23H29N3O2. The number of carbonyl (C=O) groups is 2. The van der Waals surface area contributed by atoms with E-state index in [1.54, 1.807) is 12.1 Å². The summed E-state index contributed by atoms with van der Waals surface area (Å²) in [6, 6.07) is 19.7. The number of hydrogen-bond acceptors (Lipinski definition) is 3. The summed E-state index contributed by atoms with van der Waals surface area (Å²) in [6.45, 7) is 3.29. The maximum Gasteiger partial charge on any atom is 0.251 e. The van der Waals surface area contributed by atoms with Crippen LogP contribution in [0.2, 0.25) is 0 Å². The van der Waals surface area contributed by atoms with E-state index in [0.29, 0.717) is 31.5 Å². The van der Waals surface area contributed by atoms with Gasteiger partial charge in [0.2, 0.25) is 5.91 Å². The highest BCUT2D eigenvalue weighted by molar-refractivity contribution is 5.94. The van der Waals surface area contributed by atoms with Crippen molar-refractivity contribution in [2.24, 2.45) is 0 Å². The summed E-state index contributed by atoms with van der Waals surface area (Å²) in [6.07, 6.45) is 3.48. The number of nitrogens with zero attached hydrogens (tertiary/aromatic N) is 1. The molecule has 1 unspecified atom stereocenters. The highest BCUT2D eigenvalue weighted by Crippen LogP contribution is 2.24. The number of likely N-dealkylation sites (tertiary alicyclic amines) is 1. The summed E-state index contributed by atoms with van der Waals surface area (Å²) in [4.78, 5) is 26.7. The fourth-order valence-corrected chi connectivity index (χ4v) is 3.63. The molecule has 2 aromatic carbocycles. The van der Waals surface area contributed by atoms with Gasteiger partial charge in [-0.25, -0.2) is 0 Å². The minimum absolute atomic E-state index is 0.0362. The lowest BCUT2D eigenvalue weighted by Gasteiger charge is -2.28. The van der Waals surface area contributed by atoms with Gasteiger partial charge < -0.3 is 10.6 Å². The minimum Gasteiger partial charge on any atom is -0.354 e. The first-order valence-corrected chi connectivity index (χ1v) is 10.1. The molecule has 1 aliphatic heterocycles. The van der Waals surface area contributed by atoms with Gasteiger partial charge >= 0.3 is 0 Å². The fraction of sp³-hybridized carbons (Fsp3) is 0.391. The first-order chi connectivity index (χ1) is 13.7. The molecule has 0 radical (unpaired) electrons. The Balaban J connectivity index is 1.40. The second-order valence-electron chi connectivity index (χ2n) is 7.20. The zero-order valence-electron chi connectivity index (χ0n) is 16.3. The van der Waals surface area contributed by atoms with Gasteiger partial charge in [-0.15, -0.1) is 0 Å². The topological polar surface area (TPSA) is 61.4 Å². The second-order valence-corrected chi connectivity index (χ2v) is 7.20. The van der Waals surface area contributed by atoms with Crippen molar-refractivity contribution in [2.75, 3.05) is 26.2 Å². The normalized spacial score (nSPS) is 15.1. The quantitative estimate of drug-likeness (QED) is 0.658. The van der Waals surface area contributed by atoms with Gasteiger partial charge in [-0.2, -0.15) is 0 Å². The molecule has 0 aliphatic carbocycles. The van der Waals surface area contributed by atoms with Crippen LogP contribution < -0.4 is 10.6 Å². The third kappa shape index (κ3) is 5.92. The second kappa shape index (κ2) is 10.6. The number of nitrogens with one attached hydrogen (secondary N) is 2. The van der Waals surface area contributed by atoms with Crippen LogP contribution in [0.3, 0.4) is 0 Å². The van der Waals surface area contributed by atoms with Crippen LogP contribution in [0.25, 0.3) is 0 Å². The van der Waals surface area contributed by atoms with E-state index in [1.165, 1.54) is 18.4 Å². The van der Waals surface area contributed by atoms with E-state index >= 15 is 0 Å². The van der Waals surface area contributed by atoms with Gasteiger partial charge in [0, 0.05) is 25.1 Å². The van der Waals surface area contributed by atoms with Crippen LogP contribution in [-0.2, 0) is 4.79 Å². The van der Waals surface area contributed by atoms with Crippen molar-refractivity contribution in [2.45, 2.75) is 31.7 Å². The minimum atomic E-state index is -0.0980. The zero-order valence-corrected chi connectivity index (χ0v) is 16.3. The first kappa shape index (κ1) is 20.1. The van der Waals surface area contributed by atoms with E-state index < -0.39 is 0 Å². The van der Waals surface area contributed by atoms with Gasteiger partial charge in [0.05, 0.1) is 6.04 Å². The maximum atomic E-state index is 12.3. The molecule has 0 bridgehead atoms. The number of carbonyl (C=O) groups excluding carboxylic acids is 2. The van der Waals surface area contributed by atoms with Gasteiger partial charge in [0.1, 0.15) is 0 Å². The van der Waals surface area contributed by atoms with Crippen molar-refractivity contribution in [1.82, 2.24) is 15.5 Å². The molecule has 0 aromatic heterocycles. The Morgan fingerprint density at radius 2 is 1.54 bits per heavy atom. The summed E-state index contributed by atoms with van der Waals surface area (Å²) >= 11 is 0. The third-order valence-electron chi connectivity index (χ3n) is 5.16. The Morgan fingerprint density at radius 1 is 0.893 bits per heavy atom. The van der Waals surface area contributed by atoms with Crippen LogP contribution >= 0.6 is 0 Å². The molecule has 1 aliphatic rings.